The van der Waals surface area contributed by atoms with Crippen molar-refractivity contribution < 1.29 is 13.9 Å². The Morgan fingerprint density at radius 3 is 2.75 bits per heavy atom. The van der Waals surface area contributed by atoms with Crippen LogP contribution in [0.4, 0.5) is 4.39 Å². The number of benzene rings is 2. The number of amides is 1. The maximum Gasteiger partial charge on any atom is 0.221 e. The Morgan fingerprint density at radius 1 is 1.12 bits per heavy atom. The highest BCUT2D eigenvalue weighted by atomic mass is 19.1. The first kappa shape index (κ1) is 17.9. The lowest BCUT2D eigenvalue weighted by atomic mass is 10.1. The van der Waals surface area contributed by atoms with Crippen molar-refractivity contribution in [3.05, 3.63) is 65.5 Å². The van der Waals surface area contributed by atoms with Gasteiger partial charge in [0.2, 0.25) is 5.91 Å². The second-order valence-electron chi connectivity index (χ2n) is 5.47. The summed E-state index contributed by atoms with van der Waals surface area (Å²) in [4.78, 5) is 11.8. The number of halogens is 1. The molecule has 0 aliphatic rings. The molecular weight excluding hydrogens is 307 g/mol. The maximum atomic E-state index is 13.4. The number of methoxy groups -OCH3 is 1. The topological polar surface area (TPSA) is 50.4 Å². The zero-order valence-electron chi connectivity index (χ0n) is 13.8. The van der Waals surface area contributed by atoms with E-state index < -0.39 is 0 Å². The Hall–Kier alpha value is -2.40. The molecule has 4 nitrogen and oxygen atoms in total. The third-order valence-corrected chi connectivity index (χ3v) is 3.67. The maximum absolute atomic E-state index is 13.4. The molecule has 0 radical (unpaired) electrons. The molecule has 0 unspecified atom stereocenters. The van der Waals surface area contributed by atoms with Gasteiger partial charge in [-0.1, -0.05) is 30.3 Å². The summed E-state index contributed by atoms with van der Waals surface area (Å²) in [7, 11) is 1.63. The molecule has 2 N–H and O–H groups in total. The van der Waals surface area contributed by atoms with Crippen molar-refractivity contribution in [2.24, 2.45) is 0 Å². The summed E-state index contributed by atoms with van der Waals surface area (Å²) in [5.41, 5.74) is 1.73. The van der Waals surface area contributed by atoms with E-state index in [2.05, 4.69) is 10.6 Å². The molecule has 0 aliphatic carbocycles. The van der Waals surface area contributed by atoms with Crippen molar-refractivity contribution in [3.63, 3.8) is 0 Å². The number of hydrogen-bond donors (Lipinski definition) is 2. The summed E-state index contributed by atoms with van der Waals surface area (Å²) in [5, 5.41) is 5.96. The Labute approximate surface area is 142 Å². The fourth-order valence-corrected chi connectivity index (χ4v) is 2.33. The summed E-state index contributed by atoms with van der Waals surface area (Å²) < 4.78 is 18.6. The average molecular weight is 330 g/mol. The van der Waals surface area contributed by atoms with Gasteiger partial charge in [0, 0.05) is 31.6 Å². The van der Waals surface area contributed by atoms with Gasteiger partial charge in [-0.25, -0.2) is 4.39 Å². The van der Waals surface area contributed by atoms with Crippen LogP contribution in [0.5, 0.6) is 5.75 Å². The zero-order chi connectivity index (χ0) is 17.2. The summed E-state index contributed by atoms with van der Waals surface area (Å²) in [6.45, 7) is 1.52. The van der Waals surface area contributed by atoms with Gasteiger partial charge in [-0.2, -0.15) is 0 Å². The first-order valence-electron chi connectivity index (χ1n) is 8.03. The minimum absolute atomic E-state index is 0.0149. The molecule has 0 atom stereocenters. The molecule has 24 heavy (non-hydrogen) atoms. The van der Waals surface area contributed by atoms with Crippen LogP contribution in [-0.2, 0) is 17.8 Å². The molecule has 0 aliphatic heterocycles. The normalized spacial score (nSPS) is 10.4. The molecule has 0 heterocycles. The van der Waals surface area contributed by atoms with Crippen LogP contribution in [0.3, 0.4) is 0 Å². The first-order chi connectivity index (χ1) is 11.7. The second kappa shape index (κ2) is 9.67. The Bertz CT molecular complexity index is 661. The molecular formula is C19H23FN2O2. The summed E-state index contributed by atoms with van der Waals surface area (Å²) >= 11 is 0. The standard InChI is InChI=1S/C19H23FN2O2/c1-24-17-7-4-5-15(13-17)9-12-22-19(23)10-11-21-14-16-6-2-3-8-18(16)20/h2-8,13,21H,9-12,14H2,1H3,(H,22,23). The van der Waals surface area contributed by atoms with Gasteiger partial charge in [-0.3, -0.25) is 4.79 Å². The molecule has 2 aromatic rings. The van der Waals surface area contributed by atoms with Gasteiger partial charge in [0.1, 0.15) is 11.6 Å². The van der Waals surface area contributed by atoms with E-state index in [4.69, 9.17) is 4.74 Å². The Kier molecular flexibility index (Phi) is 7.23. The molecule has 128 valence electrons. The lowest BCUT2D eigenvalue weighted by Crippen LogP contribution is -2.29. The van der Waals surface area contributed by atoms with Crippen molar-refractivity contribution in [1.29, 1.82) is 0 Å². The smallest absolute Gasteiger partial charge is 0.221 e. The fourth-order valence-electron chi connectivity index (χ4n) is 2.33. The molecule has 0 fully saturated rings. The average Bonchev–Trinajstić information content (AvgIpc) is 2.60. The molecule has 0 spiro atoms. The highest BCUT2D eigenvalue weighted by Gasteiger charge is 2.03. The van der Waals surface area contributed by atoms with Crippen molar-refractivity contribution in [2.45, 2.75) is 19.4 Å². The number of carbonyl (C=O) groups excluding carboxylic acids is 1. The largest absolute Gasteiger partial charge is 0.497 e. The molecule has 1 amide bonds. The van der Waals surface area contributed by atoms with E-state index in [0.717, 1.165) is 17.7 Å². The van der Waals surface area contributed by atoms with E-state index in [1.165, 1.54) is 6.07 Å². The van der Waals surface area contributed by atoms with Crippen molar-refractivity contribution in [3.8, 4) is 5.75 Å². The van der Waals surface area contributed by atoms with Gasteiger partial charge in [0.25, 0.3) is 0 Å². The van der Waals surface area contributed by atoms with Gasteiger partial charge >= 0.3 is 0 Å². The lowest BCUT2D eigenvalue weighted by Gasteiger charge is -2.08. The summed E-state index contributed by atoms with van der Waals surface area (Å²) in [6.07, 6.45) is 1.12. The molecule has 0 aromatic heterocycles. The Morgan fingerprint density at radius 2 is 1.96 bits per heavy atom. The molecule has 0 saturated heterocycles. The second-order valence-corrected chi connectivity index (χ2v) is 5.47. The van der Waals surface area contributed by atoms with Gasteiger partial charge < -0.3 is 15.4 Å². The predicted molar refractivity (Wildman–Crippen MR) is 92.4 cm³/mol. The molecule has 0 bridgehead atoms. The van der Waals surface area contributed by atoms with Crippen LogP contribution >= 0.6 is 0 Å². The van der Waals surface area contributed by atoms with Crippen LogP contribution in [-0.4, -0.2) is 26.1 Å². The van der Waals surface area contributed by atoms with Crippen LogP contribution < -0.4 is 15.4 Å². The SMILES string of the molecule is COc1cccc(CCNC(=O)CCNCc2ccccc2F)c1. The van der Waals surface area contributed by atoms with E-state index in [0.29, 0.717) is 31.6 Å². The highest BCUT2D eigenvalue weighted by molar-refractivity contribution is 5.76. The molecule has 5 heteroatoms. The van der Waals surface area contributed by atoms with E-state index in [-0.39, 0.29) is 11.7 Å². The first-order valence-corrected chi connectivity index (χ1v) is 8.03. The van der Waals surface area contributed by atoms with E-state index in [1.807, 2.05) is 24.3 Å². The third kappa shape index (κ3) is 6.01. The van der Waals surface area contributed by atoms with E-state index >= 15 is 0 Å². The number of ether oxygens (including phenoxy) is 1. The quantitative estimate of drug-likeness (QED) is 0.695. The van der Waals surface area contributed by atoms with Crippen LogP contribution in [0.25, 0.3) is 0 Å². The van der Waals surface area contributed by atoms with Crippen molar-refractivity contribution in [1.82, 2.24) is 10.6 Å². The monoisotopic (exact) mass is 330 g/mol. The van der Waals surface area contributed by atoms with Gasteiger partial charge in [-0.05, 0) is 30.2 Å². The van der Waals surface area contributed by atoms with Crippen molar-refractivity contribution in [2.75, 3.05) is 20.2 Å². The summed E-state index contributed by atoms with van der Waals surface area (Å²) in [6, 6.07) is 14.4. The van der Waals surface area contributed by atoms with Crippen molar-refractivity contribution >= 4 is 5.91 Å². The summed E-state index contributed by atoms with van der Waals surface area (Å²) in [5.74, 6) is 0.572. The number of nitrogens with one attached hydrogen (secondary N) is 2. The predicted octanol–water partition coefficient (Wildman–Crippen LogP) is 2.67. The minimum atomic E-state index is -0.229. The van der Waals surface area contributed by atoms with E-state index in [1.54, 1.807) is 25.3 Å². The van der Waals surface area contributed by atoms with Gasteiger partial charge in [0.15, 0.2) is 0 Å². The van der Waals surface area contributed by atoms with Gasteiger partial charge in [0.05, 0.1) is 7.11 Å². The number of carbonyl (C=O) groups is 1. The lowest BCUT2D eigenvalue weighted by molar-refractivity contribution is -0.120. The highest BCUT2D eigenvalue weighted by Crippen LogP contribution is 2.12. The number of rotatable bonds is 9. The van der Waals surface area contributed by atoms with Gasteiger partial charge in [-0.15, -0.1) is 0 Å². The van der Waals surface area contributed by atoms with Crippen LogP contribution in [0.1, 0.15) is 17.5 Å². The Balaban J connectivity index is 1.60. The fraction of sp³-hybridized carbons (Fsp3) is 0.316. The van der Waals surface area contributed by atoms with Crippen LogP contribution in [0.2, 0.25) is 0 Å². The molecule has 0 saturated carbocycles. The van der Waals surface area contributed by atoms with Crippen LogP contribution in [0, 0.1) is 5.82 Å². The molecule has 2 rings (SSSR count). The number of hydrogen-bond acceptors (Lipinski definition) is 3. The van der Waals surface area contributed by atoms with Crippen LogP contribution in [0.15, 0.2) is 48.5 Å². The zero-order valence-corrected chi connectivity index (χ0v) is 13.8. The van der Waals surface area contributed by atoms with E-state index in [9.17, 15) is 9.18 Å². The third-order valence-electron chi connectivity index (χ3n) is 3.67. The molecule has 2 aromatic carbocycles. The minimum Gasteiger partial charge on any atom is -0.497 e.